The minimum absolute atomic E-state index is 0.0750. The Morgan fingerprint density at radius 2 is 2.04 bits per heavy atom. The number of hydrogen-bond donors (Lipinski definition) is 0. The Bertz CT molecular complexity index is 630. The van der Waals surface area contributed by atoms with Gasteiger partial charge in [0.2, 0.25) is 0 Å². The van der Waals surface area contributed by atoms with Crippen LogP contribution in [0.4, 0.5) is 4.79 Å². The van der Waals surface area contributed by atoms with Crippen LogP contribution in [0.3, 0.4) is 0 Å². The van der Waals surface area contributed by atoms with Crippen LogP contribution in [-0.4, -0.2) is 58.8 Å². The van der Waals surface area contributed by atoms with E-state index in [0.29, 0.717) is 19.6 Å². The summed E-state index contributed by atoms with van der Waals surface area (Å²) in [5.41, 5.74) is -0.688. The second-order valence-electron chi connectivity index (χ2n) is 7.09. The maximum Gasteiger partial charge on any atom is 0.410 e. The molecule has 7 heteroatoms. The lowest BCUT2D eigenvalue weighted by Gasteiger charge is -2.61. The van der Waals surface area contributed by atoms with Crippen molar-refractivity contribution in [1.82, 2.24) is 9.80 Å². The van der Waals surface area contributed by atoms with Gasteiger partial charge < -0.3 is 9.64 Å². The van der Waals surface area contributed by atoms with Gasteiger partial charge in [-0.1, -0.05) is 0 Å². The molecule has 1 spiro atoms. The molecule has 0 aliphatic carbocycles. The Kier molecular flexibility index (Phi) is 4.13. The van der Waals surface area contributed by atoms with Gasteiger partial charge in [-0.2, -0.15) is 0 Å². The maximum atomic E-state index is 12.6. The van der Waals surface area contributed by atoms with Gasteiger partial charge in [-0.05, 0) is 44.9 Å². The molecule has 3 rings (SSSR count). The van der Waals surface area contributed by atoms with Crippen LogP contribution in [0.1, 0.15) is 36.9 Å². The highest BCUT2D eigenvalue weighted by Crippen LogP contribution is 2.41. The topological polar surface area (TPSA) is 49.9 Å². The van der Waals surface area contributed by atoms with Gasteiger partial charge in [0, 0.05) is 24.5 Å². The van der Waals surface area contributed by atoms with Gasteiger partial charge in [0.1, 0.15) is 10.5 Å². The summed E-state index contributed by atoms with van der Waals surface area (Å²) in [4.78, 5) is 30.3. The van der Waals surface area contributed by atoms with Gasteiger partial charge >= 0.3 is 6.09 Å². The van der Waals surface area contributed by atoms with E-state index in [-0.39, 0.29) is 17.5 Å². The molecule has 0 saturated carbocycles. The first-order valence-electron chi connectivity index (χ1n) is 7.67. The molecule has 0 aromatic carbocycles. The molecule has 2 saturated heterocycles. The van der Waals surface area contributed by atoms with E-state index in [1.54, 1.807) is 16.7 Å². The lowest BCUT2D eigenvalue weighted by Crippen LogP contribution is -2.78. The van der Waals surface area contributed by atoms with E-state index in [0.717, 1.165) is 16.2 Å². The number of hydrogen-bond acceptors (Lipinski definition) is 5. The van der Waals surface area contributed by atoms with E-state index in [1.807, 2.05) is 43.4 Å². The molecule has 2 amide bonds. The summed E-state index contributed by atoms with van der Waals surface area (Å²) in [6.07, 6.45) is 2.65. The van der Waals surface area contributed by atoms with E-state index in [4.69, 9.17) is 4.74 Å². The molecule has 0 unspecified atom stereocenters. The number of amides is 2. The van der Waals surface area contributed by atoms with Crippen molar-refractivity contribution in [3.8, 4) is 0 Å². The molecular formula is C16H22N2O3S2. The summed E-state index contributed by atoms with van der Waals surface area (Å²) in [5.74, 6) is 0.0750. The van der Waals surface area contributed by atoms with Crippen LogP contribution < -0.4 is 0 Å². The summed E-state index contributed by atoms with van der Waals surface area (Å²) in [6, 6.07) is 1.98. The van der Waals surface area contributed by atoms with Crippen LogP contribution >= 0.6 is 23.1 Å². The molecule has 2 fully saturated rings. The molecule has 2 aliphatic heterocycles. The molecule has 1 aromatic heterocycles. The van der Waals surface area contributed by atoms with E-state index in [2.05, 4.69) is 0 Å². The van der Waals surface area contributed by atoms with E-state index >= 15 is 0 Å². The summed E-state index contributed by atoms with van der Waals surface area (Å²) in [5, 5.41) is 1.95. The highest BCUT2D eigenvalue weighted by Gasteiger charge is 2.57. The van der Waals surface area contributed by atoms with Crippen molar-refractivity contribution in [3.63, 3.8) is 0 Å². The monoisotopic (exact) mass is 354 g/mol. The standard InChI is InChI=1S/C16H22N2O3S2/c1-15(2,3)21-14(20)18-7-6-16(18)9-17(10-16)13(19)12-11(22-4)5-8-23-12/h5,8H,6-7,9-10H2,1-4H3. The maximum absolute atomic E-state index is 12.6. The van der Waals surface area contributed by atoms with Crippen molar-refractivity contribution < 1.29 is 14.3 Å². The fraction of sp³-hybridized carbons (Fsp3) is 0.625. The van der Waals surface area contributed by atoms with Gasteiger partial charge in [0.15, 0.2) is 0 Å². The van der Waals surface area contributed by atoms with Crippen molar-refractivity contribution in [2.24, 2.45) is 0 Å². The number of thiophene rings is 1. The highest BCUT2D eigenvalue weighted by atomic mass is 32.2. The smallest absolute Gasteiger partial charge is 0.410 e. The second-order valence-corrected chi connectivity index (χ2v) is 8.85. The van der Waals surface area contributed by atoms with Crippen LogP contribution in [0.2, 0.25) is 0 Å². The zero-order valence-electron chi connectivity index (χ0n) is 13.9. The first-order valence-corrected chi connectivity index (χ1v) is 9.78. The zero-order valence-corrected chi connectivity index (χ0v) is 15.6. The van der Waals surface area contributed by atoms with E-state index in [1.165, 1.54) is 11.3 Å². The molecule has 0 bridgehead atoms. The molecule has 1 aromatic rings. The Morgan fingerprint density at radius 1 is 1.35 bits per heavy atom. The van der Waals surface area contributed by atoms with Gasteiger partial charge in [-0.3, -0.25) is 9.69 Å². The minimum atomic E-state index is -0.489. The quantitative estimate of drug-likeness (QED) is 0.765. The van der Waals surface area contributed by atoms with Crippen molar-refractivity contribution in [2.45, 2.75) is 43.2 Å². The van der Waals surface area contributed by atoms with Gasteiger partial charge in [-0.25, -0.2) is 4.79 Å². The van der Waals surface area contributed by atoms with E-state index < -0.39 is 5.60 Å². The molecule has 5 nitrogen and oxygen atoms in total. The SMILES string of the molecule is CSc1ccsc1C(=O)N1CC2(CCN2C(=O)OC(C)(C)C)C1. The van der Waals surface area contributed by atoms with Gasteiger partial charge in [0.25, 0.3) is 5.91 Å². The van der Waals surface area contributed by atoms with Crippen molar-refractivity contribution >= 4 is 35.1 Å². The van der Waals surface area contributed by atoms with Gasteiger partial charge in [-0.15, -0.1) is 23.1 Å². The molecule has 23 heavy (non-hydrogen) atoms. The highest BCUT2D eigenvalue weighted by molar-refractivity contribution is 7.98. The summed E-state index contributed by atoms with van der Waals surface area (Å²) in [7, 11) is 0. The summed E-state index contributed by atoms with van der Waals surface area (Å²) < 4.78 is 5.46. The van der Waals surface area contributed by atoms with Crippen molar-refractivity contribution in [2.75, 3.05) is 25.9 Å². The number of carbonyl (C=O) groups is 2. The summed E-state index contributed by atoms with van der Waals surface area (Å²) in [6.45, 7) is 7.54. The first kappa shape index (κ1) is 16.6. The van der Waals surface area contributed by atoms with Gasteiger partial charge in [0.05, 0.1) is 5.54 Å². The number of nitrogens with zero attached hydrogens (tertiary/aromatic N) is 2. The number of carbonyl (C=O) groups excluding carboxylic acids is 2. The van der Waals surface area contributed by atoms with Crippen molar-refractivity contribution in [3.05, 3.63) is 16.3 Å². The molecule has 126 valence electrons. The molecule has 2 aliphatic rings. The average molecular weight is 354 g/mol. The molecule has 0 radical (unpaired) electrons. The first-order chi connectivity index (χ1) is 10.8. The average Bonchev–Trinajstić information content (AvgIpc) is 2.81. The minimum Gasteiger partial charge on any atom is -0.444 e. The van der Waals surface area contributed by atoms with Crippen LogP contribution in [-0.2, 0) is 4.74 Å². The Balaban J connectivity index is 1.62. The molecular weight excluding hydrogens is 332 g/mol. The number of rotatable bonds is 2. The summed E-state index contributed by atoms with van der Waals surface area (Å²) >= 11 is 3.08. The lowest BCUT2D eigenvalue weighted by atomic mass is 9.77. The van der Waals surface area contributed by atoms with Crippen LogP contribution in [0, 0.1) is 0 Å². The molecule has 0 atom stereocenters. The number of ether oxygens (including phenoxy) is 1. The Morgan fingerprint density at radius 3 is 2.57 bits per heavy atom. The van der Waals surface area contributed by atoms with E-state index in [9.17, 15) is 9.59 Å². The third kappa shape index (κ3) is 2.96. The van der Waals surface area contributed by atoms with Crippen molar-refractivity contribution in [1.29, 1.82) is 0 Å². The molecule has 3 heterocycles. The fourth-order valence-corrected chi connectivity index (χ4v) is 4.75. The van der Waals surface area contributed by atoms with Crippen LogP contribution in [0.5, 0.6) is 0 Å². The second kappa shape index (κ2) is 5.70. The lowest BCUT2D eigenvalue weighted by molar-refractivity contribution is -0.106. The third-order valence-corrected chi connectivity index (χ3v) is 6.10. The molecule has 0 N–H and O–H groups in total. The predicted octanol–water partition coefficient (Wildman–Crippen LogP) is 3.31. The third-order valence-electron chi connectivity index (χ3n) is 4.29. The number of thioether (sulfide) groups is 1. The van der Waals surface area contributed by atoms with Crippen LogP contribution in [0.25, 0.3) is 0 Å². The van der Waals surface area contributed by atoms with Crippen LogP contribution in [0.15, 0.2) is 16.3 Å². The normalized spacial score (nSPS) is 19.3. The fourth-order valence-electron chi connectivity index (χ4n) is 3.04. The Hall–Kier alpha value is -1.21. The predicted molar refractivity (Wildman–Crippen MR) is 92.3 cm³/mol. The zero-order chi connectivity index (χ0) is 16.8. The largest absolute Gasteiger partial charge is 0.444 e. The Labute approximate surface area is 145 Å². The number of likely N-dealkylation sites (tertiary alicyclic amines) is 2.